The Kier molecular flexibility index (Phi) is 9.63. The first-order valence-corrected chi connectivity index (χ1v) is 8.15. The molecular formula is C12H28N2O3S. The van der Waals surface area contributed by atoms with Crippen LogP contribution >= 0.6 is 0 Å². The summed E-state index contributed by atoms with van der Waals surface area (Å²) in [5, 5.41) is 2.73. The zero-order valence-electron chi connectivity index (χ0n) is 12.0. The smallest absolute Gasteiger partial charge is 0.215 e. The maximum Gasteiger partial charge on any atom is 0.215 e. The number of unbranched alkanes of at least 4 members (excludes halogenated alkanes) is 2. The van der Waals surface area contributed by atoms with Crippen LogP contribution in [0.1, 0.15) is 40.0 Å². The number of sulfonamides is 1. The molecule has 0 aromatic rings. The average Bonchev–Trinajstić information content (AvgIpc) is 2.30. The predicted octanol–water partition coefficient (Wildman–Crippen LogP) is 1.11. The van der Waals surface area contributed by atoms with Crippen molar-refractivity contribution in [3.05, 3.63) is 0 Å². The molecule has 5 nitrogen and oxygen atoms in total. The molecule has 110 valence electrons. The monoisotopic (exact) mass is 280 g/mol. The van der Waals surface area contributed by atoms with Crippen LogP contribution in [0.3, 0.4) is 0 Å². The van der Waals surface area contributed by atoms with Gasteiger partial charge < -0.3 is 10.1 Å². The summed E-state index contributed by atoms with van der Waals surface area (Å²) >= 11 is 0. The lowest BCUT2D eigenvalue weighted by atomic mass is 10.2. The molecule has 18 heavy (non-hydrogen) atoms. The molecule has 1 unspecified atom stereocenters. The summed E-state index contributed by atoms with van der Waals surface area (Å²) in [6.45, 7) is 7.46. The Balaban J connectivity index is 3.78. The Bertz CT molecular complexity index is 292. The quantitative estimate of drug-likeness (QED) is 0.556. The van der Waals surface area contributed by atoms with Gasteiger partial charge in [-0.2, -0.15) is 0 Å². The van der Waals surface area contributed by atoms with Gasteiger partial charge in [0.25, 0.3) is 0 Å². The standard InChI is InChI=1S/C12H28N2O3S/c1-11(2)13-10-12(3)18(15,16)14-8-6-5-7-9-17-4/h11-14H,5-10H2,1-4H3. The van der Waals surface area contributed by atoms with Crippen molar-refractivity contribution in [2.45, 2.75) is 51.3 Å². The molecule has 0 bridgehead atoms. The zero-order chi connectivity index (χ0) is 14.0. The summed E-state index contributed by atoms with van der Waals surface area (Å²) in [6, 6.07) is 0.302. The second kappa shape index (κ2) is 9.72. The maximum absolute atomic E-state index is 11.9. The second-order valence-electron chi connectivity index (χ2n) is 4.87. The molecule has 0 aliphatic carbocycles. The van der Waals surface area contributed by atoms with Crippen LogP contribution in [-0.2, 0) is 14.8 Å². The number of nitrogens with one attached hydrogen (secondary N) is 2. The van der Waals surface area contributed by atoms with Crippen molar-refractivity contribution in [2.24, 2.45) is 0 Å². The fraction of sp³-hybridized carbons (Fsp3) is 1.00. The van der Waals surface area contributed by atoms with E-state index in [1.54, 1.807) is 14.0 Å². The van der Waals surface area contributed by atoms with Crippen molar-refractivity contribution >= 4 is 10.0 Å². The molecule has 0 rings (SSSR count). The molecule has 0 saturated carbocycles. The van der Waals surface area contributed by atoms with Gasteiger partial charge in [0.05, 0.1) is 5.25 Å². The van der Waals surface area contributed by atoms with Crippen LogP contribution in [0.4, 0.5) is 0 Å². The normalized spacial score (nSPS) is 14.1. The van der Waals surface area contributed by atoms with Crippen LogP contribution < -0.4 is 10.0 Å². The first-order chi connectivity index (χ1) is 8.40. The van der Waals surface area contributed by atoms with Crippen molar-refractivity contribution in [1.82, 2.24) is 10.0 Å². The van der Waals surface area contributed by atoms with Gasteiger partial charge >= 0.3 is 0 Å². The van der Waals surface area contributed by atoms with E-state index in [-0.39, 0.29) is 0 Å². The summed E-state index contributed by atoms with van der Waals surface area (Å²) < 4.78 is 31.3. The van der Waals surface area contributed by atoms with E-state index in [2.05, 4.69) is 10.0 Å². The Labute approximate surface area is 112 Å². The molecule has 6 heteroatoms. The Morgan fingerprint density at radius 2 is 1.78 bits per heavy atom. The van der Waals surface area contributed by atoms with E-state index in [1.165, 1.54) is 0 Å². The van der Waals surface area contributed by atoms with E-state index in [4.69, 9.17) is 4.74 Å². The van der Waals surface area contributed by atoms with Gasteiger partial charge in [0.2, 0.25) is 10.0 Å². The first kappa shape index (κ1) is 17.8. The van der Waals surface area contributed by atoms with Crippen molar-refractivity contribution in [3.63, 3.8) is 0 Å². The van der Waals surface area contributed by atoms with Crippen molar-refractivity contribution in [1.29, 1.82) is 0 Å². The van der Waals surface area contributed by atoms with Gasteiger partial charge in [-0.15, -0.1) is 0 Å². The second-order valence-corrected chi connectivity index (χ2v) is 7.05. The van der Waals surface area contributed by atoms with Gasteiger partial charge in [0.1, 0.15) is 0 Å². The SMILES string of the molecule is COCCCCCNS(=O)(=O)C(C)CNC(C)C. The molecule has 1 atom stereocenters. The topological polar surface area (TPSA) is 67.4 Å². The largest absolute Gasteiger partial charge is 0.385 e. The minimum Gasteiger partial charge on any atom is -0.385 e. The lowest BCUT2D eigenvalue weighted by molar-refractivity contribution is 0.192. The van der Waals surface area contributed by atoms with Gasteiger partial charge in [-0.05, 0) is 26.2 Å². The van der Waals surface area contributed by atoms with E-state index < -0.39 is 15.3 Å². The third kappa shape index (κ3) is 8.85. The van der Waals surface area contributed by atoms with Crippen LogP contribution in [0.25, 0.3) is 0 Å². The summed E-state index contributed by atoms with van der Waals surface area (Å²) in [7, 11) is -1.52. The van der Waals surface area contributed by atoms with Crippen LogP contribution in [0.5, 0.6) is 0 Å². The molecule has 2 N–H and O–H groups in total. The lowest BCUT2D eigenvalue weighted by Crippen LogP contribution is -2.41. The minimum atomic E-state index is -3.19. The number of hydrogen-bond donors (Lipinski definition) is 2. The van der Waals surface area contributed by atoms with Crippen LogP contribution in [0, 0.1) is 0 Å². The third-order valence-electron chi connectivity index (χ3n) is 2.67. The van der Waals surface area contributed by atoms with E-state index >= 15 is 0 Å². The van der Waals surface area contributed by atoms with Gasteiger partial charge in [-0.1, -0.05) is 13.8 Å². The zero-order valence-corrected chi connectivity index (χ0v) is 12.8. The molecular weight excluding hydrogens is 252 g/mol. The van der Waals surface area contributed by atoms with Gasteiger partial charge in [0, 0.05) is 32.8 Å². The van der Waals surface area contributed by atoms with E-state index in [9.17, 15) is 8.42 Å². The predicted molar refractivity (Wildman–Crippen MR) is 75.3 cm³/mol. The number of rotatable bonds is 11. The van der Waals surface area contributed by atoms with Crippen molar-refractivity contribution < 1.29 is 13.2 Å². The van der Waals surface area contributed by atoms with Crippen molar-refractivity contribution in [3.8, 4) is 0 Å². The first-order valence-electron chi connectivity index (χ1n) is 6.61. The molecule has 0 aliphatic rings. The molecule has 0 fully saturated rings. The maximum atomic E-state index is 11.9. The average molecular weight is 280 g/mol. The summed E-state index contributed by atoms with van der Waals surface area (Å²) in [5.74, 6) is 0. The Hall–Kier alpha value is -0.170. The van der Waals surface area contributed by atoms with E-state index in [1.807, 2.05) is 13.8 Å². The number of methoxy groups -OCH3 is 1. The molecule has 0 radical (unpaired) electrons. The summed E-state index contributed by atoms with van der Waals surface area (Å²) in [4.78, 5) is 0. The minimum absolute atomic E-state index is 0.302. The fourth-order valence-corrected chi connectivity index (χ4v) is 2.45. The molecule has 0 aromatic carbocycles. The highest BCUT2D eigenvalue weighted by atomic mass is 32.2. The molecule has 0 heterocycles. The van der Waals surface area contributed by atoms with Crippen LogP contribution in [0.2, 0.25) is 0 Å². The highest BCUT2D eigenvalue weighted by molar-refractivity contribution is 7.90. The summed E-state index contributed by atoms with van der Waals surface area (Å²) in [5.41, 5.74) is 0. The molecule has 0 saturated heterocycles. The van der Waals surface area contributed by atoms with Crippen LogP contribution in [0.15, 0.2) is 0 Å². The van der Waals surface area contributed by atoms with E-state index in [0.717, 1.165) is 25.9 Å². The molecule has 0 spiro atoms. The number of hydrogen-bond acceptors (Lipinski definition) is 4. The molecule has 0 aliphatic heterocycles. The van der Waals surface area contributed by atoms with Gasteiger partial charge in [0.15, 0.2) is 0 Å². The van der Waals surface area contributed by atoms with Crippen molar-refractivity contribution in [2.75, 3.05) is 26.8 Å². The molecule has 0 amide bonds. The Morgan fingerprint density at radius 1 is 1.11 bits per heavy atom. The summed E-state index contributed by atoms with van der Waals surface area (Å²) in [6.07, 6.45) is 2.81. The lowest BCUT2D eigenvalue weighted by Gasteiger charge is -2.16. The fourth-order valence-electron chi connectivity index (χ4n) is 1.42. The molecule has 0 aromatic heterocycles. The van der Waals surface area contributed by atoms with Crippen LogP contribution in [-0.4, -0.2) is 46.5 Å². The highest BCUT2D eigenvalue weighted by Gasteiger charge is 2.19. The third-order valence-corrected chi connectivity index (χ3v) is 4.50. The highest BCUT2D eigenvalue weighted by Crippen LogP contribution is 2.00. The van der Waals surface area contributed by atoms with Gasteiger partial charge in [-0.25, -0.2) is 13.1 Å². The van der Waals surface area contributed by atoms with Gasteiger partial charge in [-0.3, -0.25) is 0 Å². The number of ether oxygens (including phenoxy) is 1. The Morgan fingerprint density at radius 3 is 2.33 bits per heavy atom. The van der Waals surface area contributed by atoms with E-state index in [0.29, 0.717) is 19.1 Å².